The van der Waals surface area contributed by atoms with Gasteiger partial charge in [-0.2, -0.15) is 10.3 Å². The van der Waals surface area contributed by atoms with E-state index in [-0.39, 0.29) is 0 Å². The molecule has 0 atom stereocenters. The molecule has 0 aliphatic rings. The fraction of sp³-hybridized carbons (Fsp3) is 0.240. The Balaban J connectivity index is 1.47. The molecule has 5 rings (SSSR count). The number of aromatic amines is 1. The first-order valence-electron chi connectivity index (χ1n) is 11.3. The molecule has 0 saturated heterocycles. The van der Waals surface area contributed by atoms with Gasteiger partial charge in [0, 0.05) is 28.1 Å². The Labute approximate surface area is 207 Å². The second-order valence-corrected chi connectivity index (χ2v) is 8.87. The molecule has 0 saturated carbocycles. The van der Waals surface area contributed by atoms with Gasteiger partial charge in [-0.05, 0) is 69.0 Å². The minimum Gasteiger partial charge on any atom is -0.494 e. The van der Waals surface area contributed by atoms with Gasteiger partial charge in [0.15, 0.2) is 11.5 Å². The number of pyridine rings is 1. The Hall–Kier alpha value is -3.82. The van der Waals surface area contributed by atoms with Crippen LogP contribution in [0.5, 0.6) is 5.75 Å². The highest BCUT2D eigenvalue weighted by atomic mass is 35.5. The summed E-state index contributed by atoms with van der Waals surface area (Å²) in [5, 5.41) is 20.8. The van der Waals surface area contributed by atoms with Crippen LogP contribution in [-0.4, -0.2) is 67.5 Å². The minimum absolute atomic E-state index is 0.344. The molecule has 0 bridgehead atoms. The van der Waals surface area contributed by atoms with Crippen molar-refractivity contribution >= 4 is 22.6 Å². The van der Waals surface area contributed by atoms with Gasteiger partial charge in [-0.3, -0.25) is 0 Å². The minimum atomic E-state index is 0.344. The molecule has 178 valence electrons. The summed E-state index contributed by atoms with van der Waals surface area (Å²) in [4.78, 5) is 7.07. The predicted octanol–water partition coefficient (Wildman–Crippen LogP) is 4.31. The largest absolute Gasteiger partial charge is 0.494 e. The number of fused-ring (bicyclic) bond motifs is 1. The maximum atomic E-state index is 6.06. The molecule has 5 aromatic rings. The van der Waals surface area contributed by atoms with Gasteiger partial charge in [0.25, 0.3) is 0 Å². The van der Waals surface area contributed by atoms with Crippen molar-refractivity contribution in [1.82, 2.24) is 40.3 Å². The molecule has 35 heavy (non-hydrogen) atoms. The van der Waals surface area contributed by atoms with E-state index in [1.807, 2.05) is 60.7 Å². The van der Waals surface area contributed by atoms with Crippen molar-refractivity contribution < 1.29 is 4.74 Å². The quantitative estimate of drug-likeness (QED) is 0.309. The van der Waals surface area contributed by atoms with Crippen LogP contribution in [-0.2, 0) is 6.54 Å². The molecular formula is C25H25ClN8O. The van der Waals surface area contributed by atoms with E-state index in [1.54, 1.807) is 4.68 Å². The molecule has 0 aliphatic heterocycles. The van der Waals surface area contributed by atoms with E-state index in [4.69, 9.17) is 26.4 Å². The highest BCUT2D eigenvalue weighted by Gasteiger charge is 2.16. The molecule has 1 N–H and O–H groups in total. The molecule has 3 heterocycles. The van der Waals surface area contributed by atoms with Crippen molar-refractivity contribution in [2.24, 2.45) is 0 Å². The van der Waals surface area contributed by atoms with Crippen LogP contribution >= 0.6 is 11.6 Å². The van der Waals surface area contributed by atoms with Crippen LogP contribution in [0.15, 0.2) is 60.7 Å². The van der Waals surface area contributed by atoms with E-state index in [0.717, 1.165) is 52.3 Å². The molecule has 10 heteroatoms. The van der Waals surface area contributed by atoms with Crippen molar-refractivity contribution in [1.29, 1.82) is 0 Å². The lowest BCUT2D eigenvalue weighted by Gasteiger charge is -2.10. The van der Waals surface area contributed by atoms with Crippen LogP contribution < -0.4 is 4.74 Å². The molecule has 3 aromatic heterocycles. The summed E-state index contributed by atoms with van der Waals surface area (Å²) in [5.74, 6) is 1.37. The normalized spacial score (nSPS) is 11.4. The summed E-state index contributed by atoms with van der Waals surface area (Å²) in [6, 6.07) is 19.7. The Bertz CT molecular complexity index is 1400. The van der Waals surface area contributed by atoms with Crippen molar-refractivity contribution in [2.75, 3.05) is 27.2 Å². The molecular weight excluding hydrogens is 464 g/mol. The average molecular weight is 489 g/mol. The monoisotopic (exact) mass is 488 g/mol. The molecule has 0 radical (unpaired) electrons. The van der Waals surface area contributed by atoms with Gasteiger partial charge in [-0.15, -0.1) is 10.2 Å². The number of tetrazole rings is 1. The van der Waals surface area contributed by atoms with E-state index in [1.165, 1.54) is 0 Å². The van der Waals surface area contributed by atoms with Crippen molar-refractivity contribution in [3.05, 3.63) is 71.5 Å². The predicted molar refractivity (Wildman–Crippen MR) is 135 cm³/mol. The number of halogens is 1. The van der Waals surface area contributed by atoms with E-state index < -0.39 is 0 Å². The number of benzene rings is 2. The SMILES string of the molecule is CN(C)CCCOc1ccc(-c2nn(Cc3nn[nH]n3)c3nc(-c4ccc(Cl)cc4)ccc23)cc1. The summed E-state index contributed by atoms with van der Waals surface area (Å²) in [5.41, 5.74) is 4.35. The Morgan fingerprint density at radius 3 is 2.46 bits per heavy atom. The first-order chi connectivity index (χ1) is 17.1. The third kappa shape index (κ3) is 5.31. The second-order valence-electron chi connectivity index (χ2n) is 8.44. The Morgan fingerprint density at radius 1 is 0.971 bits per heavy atom. The lowest BCUT2D eigenvalue weighted by atomic mass is 10.1. The van der Waals surface area contributed by atoms with Crippen molar-refractivity contribution in [3.8, 4) is 28.3 Å². The Kier molecular flexibility index (Phi) is 6.69. The number of hydrogen-bond acceptors (Lipinski definition) is 7. The van der Waals surface area contributed by atoms with Crippen molar-refractivity contribution in [2.45, 2.75) is 13.0 Å². The van der Waals surface area contributed by atoms with Gasteiger partial charge >= 0.3 is 0 Å². The van der Waals surface area contributed by atoms with E-state index in [0.29, 0.717) is 24.0 Å². The molecule has 0 unspecified atom stereocenters. The zero-order valence-corrected chi connectivity index (χ0v) is 20.3. The number of hydrogen-bond donors (Lipinski definition) is 1. The van der Waals surface area contributed by atoms with Gasteiger partial charge in [0.05, 0.1) is 12.3 Å². The van der Waals surface area contributed by atoms with Gasteiger partial charge in [-0.25, -0.2) is 9.67 Å². The standard InChI is InChI=1S/C25H25ClN8O/c1-33(2)14-3-15-35-20-10-6-18(7-11-20)24-21-12-13-22(17-4-8-19(26)9-5-17)27-25(21)34(30-24)16-23-28-31-32-29-23/h4-13H,3,14-16H2,1-2H3,(H,28,29,31,32). The zero-order chi connectivity index (χ0) is 24.2. The van der Waals surface area contributed by atoms with Gasteiger partial charge in [0.1, 0.15) is 18.0 Å². The smallest absolute Gasteiger partial charge is 0.196 e. The molecule has 0 spiro atoms. The van der Waals surface area contributed by atoms with Crippen LogP contribution in [0.1, 0.15) is 12.2 Å². The highest BCUT2D eigenvalue weighted by Crippen LogP contribution is 2.31. The van der Waals surface area contributed by atoms with Gasteiger partial charge in [0.2, 0.25) is 0 Å². The maximum Gasteiger partial charge on any atom is 0.196 e. The highest BCUT2D eigenvalue weighted by molar-refractivity contribution is 6.30. The first-order valence-corrected chi connectivity index (χ1v) is 11.7. The van der Waals surface area contributed by atoms with Crippen LogP contribution in [0, 0.1) is 0 Å². The van der Waals surface area contributed by atoms with Crippen LogP contribution in [0.25, 0.3) is 33.5 Å². The fourth-order valence-electron chi connectivity index (χ4n) is 3.82. The molecule has 0 aliphatic carbocycles. The van der Waals surface area contributed by atoms with E-state index in [2.05, 4.69) is 39.6 Å². The zero-order valence-electron chi connectivity index (χ0n) is 19.5. The third-order valence-corrected chi connectivity index (χ3v) is 5.81. The number of nitrogens with one attached hydrogen (secondary N) is 1. The van der Waals surface area contributed by atoms with Crippen molar-refractivity contribution in [3.63, 3.8) is 0 Å². The van der Waals surface area contributed by atoms with Crippen LogP contribution in [0.3, 0.4) is 0 Å². The first kappa shape index (κ1) is 22.9. The molecule has 9 nitrogen and oxygen atoms in total. The van der Waals surface area contributed by atoms with Gasteiger partial charge in [-0.1, -0.05) is 28.9 Å². The van der Waals surface area contributed by atoms with Crippen LogP contribution in [0.4, 0.5) is 0 Å². The topological polar surface area (TPSA) is 97.6 Å². The van der Waals surface area contributed by atoms with E-state index >= 15 is 0 Å². The molecule has 0 amide bonds. The van der Waals surface area contributed by atoms with Gasteiger partial charge < -0.3 is 9.64 Å². The summed E-state index contributed by atoms with van der Waals surface area (Å²) >= 11 is 6.06. The summed E-state index contributed by atoms with van der Waals surface area (Å²) in [7, 11) is 4.12. The number of aromatic nitrogens is 7. The fourth-order valence-corrected chi connectivity index (χ4v) is 3.95. The summed E-state index contributed by atoms with van der Waals surface area (Å²) in [6.45, 7) is 2.02. The third-order valence-electron chi connectivity index (χ3n) is 5.56. The maximum absolute atomic E-state index is 6.06. The number of rotatable bonds is 9. The number of ether oxygens (including phenoxy) is 1. The lowest BCUT2D eigenvalue weighted by Crippen LogP contribution is -2.15. The number of nitrogens with zero attached hydrogens (tertiary/aromatic N) is 7. The molecule has 0 fully saturated rings. The molecule has 2 aromatic carbocycles. The summed E-state index contributed by atoms with van der Waals surface area (Å²) < 4.78 is 7.69. The lowest BCUT2D eigenvalue weighted by molar-refractivity contribution is 0.281. The van der Waals surface area contributed by atoms with Crippen LogP contribution in [0.2, 0.25) is 5.02 Å². The Morgan fingerprint density at radius 2 is 1.74 bits per heavy atom. The van der Waals surface area contributed by atoms with E-state index in [9.17, 15) is 0 Å². The second kappa shape index (κ2) is 10.2. The average Bonchev–Trinajstić information content (AvgIpc) is 3.51. The summed E-state index contributed by atoms with van der Waals surface area (Å²) in [6.07, 6.45) is 0.974. The number of H-pyrrole nitrogens is 1.